The Kier molecular flexibility index (Phi) is 4.75. The van der Waals surface area contributed by atoms with E-state index in [9.17, 15) is 19.3 Å². The van der Waals surface area contributed by atoms with E-state index in [0.717, 1.165) is 46.6 Å². The van der Waals surface area contributed by atoms with Crippen LogP contribution in [0.4, 0.5) is 15.8 Å². The van der Waals surface area contributed by atoms with Crippen LogP contribution in [0.2, 0.25) is 0 Å². The fourth-order valence-corrected chi connectivity index (χ4v) is 5.21. The van der Waals surface area contributed by atoms with Gasteiger partial charge in [0.1, 0.15) is 27.7 Å². The maximum atomic E-state index is 13.2. The highest BCUT2D eigenvalue weighted by atomic mass is 32.2. The molecule has 138 valence electrons. The Bertz CT molecular complexity index is 1070. The third kappa shape index (κ3) is 3.50. The van der Waals surface area contributed by atoms with Gasteiger partial charge in [0.15, 0.2) is 0 Å². The molecule has 0 unspecified atom stereocenters. The number of amides is 1. The smallest absolute Gasteiger partial charge is 0.295 e. The van der Waals surface area contributed by atoms with Crippen LogP contribution in [0.25, 0.3) is 10.2 Å². The number of aromatic nitrogens is 2. The van der Waals surface area contributed by atoms with Gasteiger partial charge in [0.2, 0.25) is 5.91 Å². The molecular weight excluding hydrogens is 391 g/mol. The molecule has 7 nitrogen and oxygen atoms in total. The molecule has 2 heterocycles. The summed E-state index contributed by atoms with van der Waals surface area (Å²) >= 11 is 2.93. The quantitative estimate of drug-likeness (QED) is 0.299. The van der Waals surface area contributed by atoms with Crippen molar-refractivity contribution in [3.63, 3.8) is 0 Å². The van der Waals surface area contributed by atoms with Gasteiger partial charge in [0.25, 0.3) is 5.69 Å². The fourth-order valence-electron chi connectivity index (χ4n) is 3.09. The lowest BCUT2D eigenvalue weighted by atomic mass is 10.2. The number of anilines is 1. The minimum absolute atomic E-state index is 0.0312. The molecule has 1 aliphatic carbocycles. The number of hydrogen-bond acceptors (Lipinski definition) is 7. The van der Waals surface area contributed by atoms with Crippen LogP contribution >= 0.6 is 23.1 Å². The van der Waals surface area contributed by atoms with Crippen molar-refractivity contribution in [3.8, 4) is 0 Å². The number of aryl methyl sites for hydroxylation is 2. The monoisotopic (exact) mass is 404 g/mol. The summed E-state index contributed by atoms with van der Waals surface area (Å²) in [7, 11) is 0. The van der Waals surface area contributed by atoms with Crippen LogP contribution in [0.15, 0.2) is 29.6 Å². The minimum Gasteiger partial charge on any atom is -0.320 e. The van der Waals surface area contributed by atoms with Crippen LogP contribution in [-0.4, -0.2) is 26.6 Å². The van der Waals surface area contributed by atoms with Crippen LogP contribution in [0, 0.1) is 15.9 Å². The van der Waals surface area contributed by atoms with Crippen molar-refractivity contribution in [1.29, 1.82) is 0 Å². The van der Waals surface area contributed by atoms with Crippen molar-refractivity contribution in [1.82, 2.24) is 9.97 Å². The lowest BCUT2D eigenvalue weighted by Gasteiger charge is -2.07. The van der Waals surface area contributed by atoms with Gasteiger partial charge in [-0.25, -0.2) is 14.4 Å². The Morgan fingerprint density at radius 3 is 3.04 bits per heavy atom. The number of rotatable bonds is 5. The molecule has 0 spiro atoms. The first kappa shape index (κ1) is 17.8. The molecule has 0 aliphatic heterocycles. The van der Waals surface area contributed by atoms with Gasteiger partial charge in [-0.05, 0) is 37.0 Å². The van der Waals surface area contributed by atoms with E-state index in [4.69, 9.17) is 0 Å². The number of thiophene rings is 1. The molecule has 3 aromatic rings. The van der Waals surface area contributed by atoms with Crippen LogP contribution in [0.3, 0.4) is 0 Å². The summed E-state index contributed by atoms with van der Waals surface area (Å²) in [4.78, 5) is 33.5. The number of carbonyl (C=O) groups is 1. The molecule has 1 N–H and O–H groups in total. The van der Waals surface area contributed by atoms with Gasteiger partial charge in [-0.3, -0.25) is 14.9 Å². The number of nitro groups is 1. The standard InChI is InChI=1S/C17H13FN4O3S2/c18-9-4-5-11(12(6-9)22(24)25)21-14(23)7-26-16-15-10-2-1-3-13(10)27-17(15)20-8-19-16/h4-6,8H,1-3,7H2,(H,21,23). The Hall–Kier alpha value is -2.59. The van der Waals surface area contributed by atoms with E-state index in [1.165, 1.54) is 34.6 Å². The zero-order valence-corrected chi connectivity index (χ0v) is 15.5. The summed E-state index contributed by atoms with van der Waals surface area (Å²) in [6, 6.07) is 3.04. The molecule has 4 rings (SSSR count). The normalized spacial score (nSPS) is 12.9. The largest absolute Gasteiger partial charge is 0.320 e. The highest BCUT2D eigenvalue weighted by molar-refractivity contribution is 8.00. The predicted octanol–water partition coefficient (Wildman–Crippen LogP) is 3.96. The number of benzene rings is 1. The zero-order chi connectivity index (χ0) is 19.0. The van der Waals surface area contributed by atoms with E-state index in [2.05, 4.69) is 15.3 Å². The summed E-state index contributed by atoms with van der Waals surface area (Å²) in [5.74, 6) is -1.12. The molecule has 2 aromatic heterocycles. The van der Waals surface area contributed by atoms with Gasteiger partial charge >= 0.3 is 0 Å². The molecule has 1 amide bonds. The molecule has 0 fully saturated rings. The zero-order valence-electron chi connectivity index (χ0n) is 13.9. The van der Waals surface area contributed by atoms with Gasteiger partial charge in [0.05, 0.1) is 16.7 Å². The molecule has 10 heteroatoms. The Morgan fingerprint density at radius 2 is 2.22 bits per heavy atom. The number of thioether (sulfide) groups is 1. The first-order chi connectivity index (χ1) is 13.0. The summed E-state index contributed by atoms with van der Waals surface area (Å²) in [6.07, 6.45) is 4.64. The Balaban J connectivity index is 1.51. The van der Waals surface area contributed by atoms with Gasteiger partial charge in [-0.15, -0.1) is 11.3 Å². The lowest BCUT2D eigenvalue weighted by Crippen LogP contribution is -2.15. The van der Waals surface area contributed by atoms with Crippen molar-refractivity contribution in [3.05, 3.63) is 50.9 Å². The van der Waals surface area contributed by atoms with E-state index < -0.39 is 22.3 Å². The fraction of sp³-hybridized carbons (Fsp3) is 0.235. The predicted molar refractivity (Wildman–Crippen MR) is 102 cm³/mol. The number of halogens is 1. The second-order valence-corrected chi connectivity index (χ2v) is 8.02. The van der Waals surface area contributed by atoms with Crippen LogP contribution < -0.4 is 5.32 Å². The van der Waals surface area contributed by atoms with Gasteiger partial charge in [-0.2, -0.15) is 0 Å². The molecule has 0 saturated heterocycles. The van der Waals surface area contributed by atoms with Crippen molar-refractivity contribution in [2.24, 2.45) is 0 Å². The average molecular weight is 404 g/mol. The molecule has 0 radical (unpaired) electrons. The number of fused-ring (bicyclic) bond motifs is 3. The third-order valence-corrected chi connectivity index (χ3v) is 6.43. The van der Waals surface area contributed by atoms with Gasteiger partial charge in [0, 0.05) is 10.3 Å². The molecule has 0 bridgehead atoms. The summed E-state index contributed by atoms with van der Waals surface area (Å²) in [5, 5.41) is 15.3. The van der Waals surface area contributed by atoms with Crippen molar-refractivity contribution in [2.45, 2.75) is 24.3 Å². The van der Waals surface area contributed by atoms with Gasteiger partial charge < -0.3 is 5.32 Å². The number of nitro benzene ring substituents is 1. The van der Waals surface area contributed by atoms with E-state index in [-0.39, 0.29) is 11.4 Å². The van der Waals surface area contributed by atoms with Crippen molar-refractivity contribution < 1.29 is 14.1 Å². The first-order valence-electron chi connectivity index (χ1n) is 8.15. The van der Waals surface area contributed by atoms with E-state index in [1.54, 1.807) is 11.3 Å². The lowest BCUT2D eigenvalue weighted by molar-refractivity contribution is -0.384. The maximum absolute atomic E-state index is 13.2. The Morgan fingerprint density at radius 1 is 1.37 bits per heavy atom. The summed E-state index contributed by atoms with van der Waals surface area (Å²) in [5.41, 5.74) is 0.761. The second-order valence-electron chi connectivity index (χ2n) is 5.97. The van der Waals surface area contributed by atoms with Crippen LogP contribution in [-0.2, 0) is 17.6 Å². The van der Waals surface area contributed by atoms with E-state index in [1.807, 2.05) is 0 Å². The van der Waals surface area contributed by atoms with E-state index in [0.29, 0.717) is 0 Å². The topological polar surface area (TPSA) is 98.0 Å². The third-order valence-electron chi connectivity index (χ3n) is 4.24. The number of carbonyl (C=O) groups excluding carboxylic acids is 1. The summed E-state index contributed by atoms with van der Waals surface area (Å²) in [6.45, 7) is 0. The molecule has 1 aliphatic rings. The van der Waals surface area contributed by atoms with Gasteiger partial charge in [-0.1, -0.05) is 11.8 Å². The number of nitrogens with zero attached hydrogens (tertiary/aromatic N) is 3. The average Bonchev–Trinajstić information content (AvgIpc) is 3.22. The highest BCUT2D eigenvalue weighted by Crippen LogP contribution is 2.40. The van der Waals surface area contributed by atoms with E-state index >= 15 is 0 Å². The van der Waals surface area contributed by atoms with Crippen LogP contribution in [0.5, 0.6) is 0 Å². The molecule has 1 aromatic carbocycles. The molecular formula is C17H13FN4O3S2. The second kappa shape index (κ2) is 7.20. The van der Waals surface area contributed by atoms with Crippen LogP contribution in [0.1, 0.15) is 16.9 Å². The summed E-state index contributed by atoms with van der Waals surface area (Å²) < 4.78 is 13.2. The minimum atomic E-state index is -0.733. The first-order valence-corrected chi connectivity index (χ1v) is 9.95. The SMILES string of the molecule is O=C(CSc1ncnc2sc3c(c12)CCC3)Nc1ccc(F)cc1[N+](=O)[O-]. The number of nitrogens with one attached hydrogen (secondary N) is 1. The molecule has 27 heavy (non-hydrogen) atoms. The molecule has 0 atom stereocenters. The maximum Gasteiger partial charge on any atom is 0.295 e. The molecule has 0 saturated carbocycles. The Labute approximate surface area is 161 Å². The van der Waals surface area contributed by atoms with Crippen molar-refractivity contribution >= 4 is 50.6 Å². The number of hydrogen-bond donors (Lipinski definition) is 1. The highest BCUT2D eigenvalue weighted by Gasteiger charge is 2.22. The van der Waals surface area contributed by atoms with Crippen molar-refractivity contribution in [2.75, 3.05) is 11.1 Å².